The number of rotatable bonds is 3. The van der Waals surface area contributed by atoms with Crippen molar-refractivity contribution in [3.8, 4) is 5.95 Å². The van der Waals surface area contributed by atoms with Gasteiger partial charge in [0, 0.05) is 29.6 Å². The van der Waals surface area contributed by atoms with Crippen LogP contribution in [-0.4, -0.2) is 19.7 Å². The van der Waals surface area contributed by atoms with Crippen LogP contribution in [0.4, 0.5) is 0 Å². The molecule has 1 aliphatic rings. The van der Waals surface area contributed by atoms with E-state index in [0.29, 0.717) is 17.7 Å². The van der Waals surface area contributed by atoms with Crippen molar-refractivity contribution in [1.29, 1.82) is 0 Å². The minimum absolute atomic E-state index is 0.443. The Bertz CT molecular complexity index is 545. The van der Waals surface area contributed by atoms with Gasteiger partial charge in [0.1, 0.15) is 0 Å². The largest absolute Gasteiger partial charge is 0.250 e. The van der Waals surface area contributed by atoms with Gasteiger partial charge in [0.15, 0.2) is 0 Å². The van der Waals surface area contributed by atoms with Crippen LogP contribution in [0.5, 0.6) is 0 Å². The lowest BCUT2D eigenvalue weighted by atomic mass is 10.3. The lowest BCUT2D eigenvalue weighted by Gasteiger charge is -2.03. The van der Waals surface area contributed by atoms with Gasteiger partial charge in [-0.25, -0.2) is 14.6 Å². The molecular weight excluding hydrogens is 236 g/mol. The van der Waals surface area contributed by atoms with Gasteiger partial charge in [-0.05, 0) is 25.8 Å². The molecule has 1 saturated carbocycles. The molecule has 5 heteroatoms. The van der Waals surface area contributed by atoms with Crippen molar-refractivity contribution in [2.75, 3.05) is 0 Å². The quantitative estimate of drug-likeness (QED) is 0.785. The van der Waals surface area contributed by atoms with Crippen LogP contribution in [0.25, 0.3) is 5.95 Å². The van der Waals surface area contributed by atoms with Gasteiger partial charge in [0.25, 0.3) is 5.95 Å². The summed E-state index contributed by atoms with van der Waals surface area (Å²) in [6.45, 7) is 1.94. The number of alkyl halides is 1. The van der Waals surface area contributed by atoms with E-state index in [9.17, 15) is 0 Å². The zero-order chi connectivity index (χ0) is 11.8. The highest BCUT2D eigenvalue weighted by Crippen LogP contribution is 2.38. The Morgan fingerprint density at radius 2 is 2.29 bits per heavy atom. The highest BCUT2D eigenvalue weighted by molar-refractivity contribution is 6.17. The van der Waals surface area contributed by atoms with Gasteiger partial charge in [-0.2, -0.15) is 5.10 Å². The smallest absolute Gasteiger partial charge is 0.219 e. The van der Waals surface area contributed by atoms with Crippen molar-refractivity contribution >= 4 is 11.6 Å². The molecule has 0 amide bonds. The highest BCUT2D eigenvalue weighted by atomic mass is 35.5. The average molecular weight is 249 g/mol. The van der Waals surface area contributed by atoms with Crippen molar-refractivity contribution in [1.82, 2.24) is 19.7 Å². The molecule has 0 N–H and O–H groups in total. The number of halogens is 1. The van der Waals surface area contributed by atoms with E-state index in [-0.39, 0.29) is 0 Å². The molecule has 17 heavy (non-hydrogen) atoms. The summed E-state index contributed by atoms with van der Waals surface area (Å²) >= 11 is 5.78. The predicted octanol–water partition coefficient (Wildman–Crippen LogP) is 2.59. The van der Waals surface area contributed by atoms with Crippen LogP contribution in [0.3, 0.4) is 0 Å². The molecule has 0 aliphatic heterocycles. The second kappa shape index (κ2) is 4.11. The number of hydrogen-bond acceptors (Lipinski definition) is 3. The molecule has 0 spiro atoms. The van der Waals surface area contributed by atoms with Gasteiger partial charge in [-0.15, -0.1) is 11.6 Å². The molecule has 0 saturated heterocycles. The van der Waals surface area contributed by atoms with Crippen LogP contribution >= 0.6 is 11.6 Å². The first-order valence-corrected chi connectivity index (χ1v) is 6.26. The van der Waals surface area contributed by atoms with Crippen LogP contribution in [0.15, 0.2) is 18.5 Å². The van der Waals surface area contributed by atoms with Crippen LogP contribution in [0.2, 0.25) is 0 Å². The van der Waals surface area contributed by atoms with Gasteiger partial charge in [0.05, 0.1) is 11.6 Å². The number of nitrogens with zero attached hydrogens (tertiary/aromatic N) is 4. The fraction of sp³-hybridized carbons (Fsp3) is 0.417. The minimum Gasteiger partial charge on any atom is -0.219 e. The Morgan fingerprint density at radius 1 is 1.47 bits per heavy atom. The van der Waals surface area contributed by atoms with E-state index in [4.69, 9.17) is 11.6 Å². The molecule has 88 valence electrons. The van der Waals surface area contributed by atoms with Crippen LogP contribution in [-0.2, 0) is 5.88 Å². The SMILES string of the molecule is Cc1nc(-n2ccc(C3CC3)n2)ncc1CCl. The third-order valence-electron chi connectivity index (χ3n) is 3.02. The van der Waals surface area contributed by atoms with Gasteiger partial charge in [-0.3, -0.25) is 0 Å². The second-order valence-electron chi connectivity index (χ2n) is 4.37. The Morgan fingerprint density at radius 3 is 2.94 bits per heavy atom. The normalized spacial score (nSPS) is 15.2. The summed E-state index contributed by atoms with van der Waals surface area (Å²) in [5, 5.41) is 4.50. The molecule has 1 fully saturated rings. The van der Waals surface area contributed by atoms with Gasteiger partial charge in [0.2, 0.25) is 0 Å². The van der Waals surface area contributed by atoms with E-state index >= 15 is 0 Å². The number of hydrogen-bond donors (Lipinski definition) is 0. The van der Waals surface area contributed by atoms with Crippen molar-refractivity contribution in [3.63, 3.8) is 0 Å². The minimum atomic E-state index is 0.443. The summed E-state index contributed by atoms with van der Waals surface area (Å²) < 4.78 is 1.73. The summed E-state index contributed by atoms with van der Waals surface area (Å²) in [4.78, 5) is 8.69. The Kier molecular flexibility index (Phi) is 2.59. The lowest BCUT2D eigenvalue weighted by molar-refractivity contribution is 0.774. The first kappa shape index (κ1) is 10.7. The third kappa shape index (κ3) is 2.05. The molecule has 0 unspecified atom stereocenters. The maximum atomic E-state index is 5.78. The molecule has 4 nitrogen and oxygen atoms in total. The Balaban J connectivity index is 1.93. The number of aromatic nitrogens is 4. The molecule has 1 aliphatic carbocycles. The van der Waals surface area contributed by atoms with Gasteiger partial charge in [-0.1, -0.05) is 0 Å². The fourth-order valence-electron chi connectivity index (χ4n) is 1.77. The standard InChI is InChI=1S/C12H13ClN4/c1-8-10(6-13)7-14-12(15-8)17-5-4-11(16-17)9-2-3-9/h4-5,7,9H,2-3,6H2,1H3. The Hall–Kier alpha value is -1.42. The second-order valence-corrected chi connectivity index (χ2v) is 4.64. The van der Waals surface area contributed by atoms with Gasteiger partial charge >= 0.3 is 0 Å². The van der Waals surface area contributed by atoms with Gasteiger partial charge < -0.3 is 0 Å². The molecule has 3 rings (SSSR count). The maximum Gasteiger partial charge on any atom is 0.250 e. The van der Waals surface area contributed by atoms with E-state index in [1.807, 2.05) is 19.2 Å². The monoisotopic (exact) mass is 248 g/mol. The van der Waals surface area contributed by atoms with E-state index in [1.165, 1.54) is 12.8 Å². The van der Waals surface area contributed by atoms with E-state index < -0.39 is 0 Å². The first-order valence-electron chi connectivity index (χ1n) is 5.72. The number of aryl methyl sites for hydroxylation is 1. The molecule has 0 aromatic carbocycles. The molecule has 2 aromatic rings. The van der Waals surface area contributed by atoms with Crippen molar-refractivity contribution < 1.29 is 0 Å². The van der Waals surface area contributed by atoms with E-state index in [0.717, 1.165) is 17.0 Å². The van der Waals surface area contributed by atoms with Crippen LogP contribution < -0.4 is 0 Å². The highest BCUT2D eigenvalue weighted by Gasteiger charge is 2.26. The summed E-state index contributed by atoms with van der Waals surface area (Å²) in [6.07, 6.45) is 6.19. The molecule has 2 heterocycles. The van der Waals surface area contributed by atoms with Crippen molar-refractivity contribution in [3.05, 3.63) is 35.4 Å². The first-order chi connectivity index (χ1) is 8.28. The van der Waals surface area contributed by atoms with E-state index in [1.54, 1.807) is 10.9 Å². The maximum absolute atomic E-state index is 5.78. The summed E-state index contributed by atoms with van der Waals surface area (Å²) in [6, 6.07) is 2.05. The molecule has 2 aromatic heterocycles. The predicted molar refractivity (Wildman–Crippen MR) is 65.4 cm³/mol. The Labute approximate surface area is 105 Å². The summed E-state index contributed by atoms with van der Waals surface area (Å²) in [5.74, 6) is 1.71. The van der Waals surface area contributed by atoms with Crippen molar-refractivity contribution in [2.45, 2.75) is 31.6 Å². The molecular formula is C12H13ClN4. The molecule has 0 radical (unpaired) electrons. The molecule has 0 atom stereocenters. The third-order valence-corrected chi connectivity index (χ3v) is 3.31. The molecule has 0 bridgehead atoms. The fourth-order valence-corrected chi connectivity index (χ4v) is 2.03. The lowest BCUT2D eigenvalue weighted by Crippen LogP contribution is -2.05. The average Bonchev–Trinajstić information content (AvgIpc) is 3.07. The summed E-state index contributed by atoms with van der Waals surface area (Å²) in [7, 11) is 0. The zero-order valence-corrected chi connectivity index (χ0v) is 10.4. The zero-order valence-electron chi connectivity index (χ0n) is 9.60. The van der Waals surface area contributed by atoms with E-state index in [2.05, 4.69) is 15.1 Å². The van der Waals surface area contributed by atoms with Crippen LogP contribution in [0.1, 0.15) is 35.7 Å². The van der Waals surface area contributed by atoms with Crippen LogP contribution in [0, 0.1) is 6.92 Å². The topological polar surface area (TPSA) is 43.6 Å². The van der Waals surface area contributed by atoms with Crippen molar-refractivity contribution in [2.24, 2.45) is 0 Å². The summed E-state index contributed by atoms with van der Waals surface area (Å²) in [5.41, 5.74) is 3.02.